The van der Waals surface area contributed by atoms with Crippen molar-refractivity contribution in [1.29, 1.82) is 0 Å². The molecule has 5 rings (SSSR count). The Morgan fingerprint density at radius 1 is 1.05 bits per heavy atom. The third-order valence-corrected chi connectivity index (χ3v) is 6.54. The van der Waals surface area contributed by atoms with Gasteiger partial charge in [0, 0.05) is 23.1 Å². The second kappa shape index (κ2) is 13.2. The summed E-state index contributed by atoms with van der Waals surface area (Å²) in [4.78, 5) is 19.9. The Bertz CT molecular complexity index is 1660. The predicted molar refractivity (Wildman–Crippen MR) is 154 cm³/mol. The molecule has 2 heterocycles. The van der Waals surface area contributed by atoms with Crippen molar-refractivity contribution in [2.45, 2.75) is 26.0 Å². The number of nitrogens with zero attached hydrogens (tertiary/aromatic N) is 2. The number of ether oxygens (including phenoxy) is 1. The molecule has 0 spiro atoms. The van der Waals surface area contributed by atoms with Crippen molar-refractivity contribution < 1.29 is 23.5 Å². The number of aromatic nitrogens is 2. The highest BCUT2D eigenvalue weighted by atomic mass is 35.5. The summed E-state index contributed by atoms with van der Waals surface area (Å²) in [5.74, 6) is 1.80. The Hall–Kier alpha value is -4.51. The highest BCUT2D eigenvalue weighted by Gasteiger charge is 2.11. The Balaban J connectivity index is 1.26. The zero-order valence-corrected chi connectivity index (χ0v) is 22.6. The van der Waals surface area contributed by atoms with E-state index in [1.54, 1.807) is 29.7 Å². The second-order valence-corrected chi connectivity index (χ2v) is 9.63. The van der Waals surface area contributed by atoms with E-state index in [1.807, 2.05) is 36.4 Å². The maximum atomic E-state index is 13.4. The van der Waals surface area contributed by atoms with Crippen molar-refractivity contribution in [2.24, 2.45) is 0 Å². The van der Waals surface area contributed by atoms with Gasteiger partial charge in [-0.25, -0.2) is 19.8 Å². The maximum Gasteiger partial charge on any atom is 0.243 e. The number of amides is 1. The first-order chi connectivity index (χ1) is 20.0. The van der Waals surface area contributed by atoms with Gasteiger partial charge in [0.2, 0.25) is 5.91 Å². The number of hydroxylamine groups is 1. The van der Waals surface area contributed by atoms with E-state index in [-0.39, 0.29) is 18.8 Å². The summed E-state index contributed by atoms with van der Waals surface area (Å²) in [6.07, 6.45) is 2.32. The van der Waals surface area contributed by atoms with E-state index in [9.17, 15) is 9.18 Å². The van der Waals surface area contributed by atoms with Crippen molar-refractivity contribution >= 4 is 39.9 Å². The van der Waals surface area contributed by atoms with Crippen molar-refractivity contribution in [2.75, 3.05) is 11.9 Å². The van der Waals surface area contributed by atoms with Crippen molar-refractivity contribution in [3.8, 4) is 17.1 Å². The number of carbonyl (C=O) groups excluding carboxylic acids is 1. The number of rotatable bonds is 12. The number of anilines is 2. The quantitative estimate of drug-likeness (QED) is 0.0768. The fourth-order valence-electron chi connectivity index (χ4n) is 4.20. The normalized spacial score (nSPS) is 11.0. The van der Waals surface area contributed by atoms with Gasteiger partial charge in [0.1, 0.15) is 41.8 Å². The van der Waals surface area contributed by atoms with Gasteiger partial charge >= 0.3 is 0 Å². The first-order valence-corrected chi connectivity index (χ1v) is 13.3. The SMILES string of the molecule is O=C(CCCNCc1ccc(-c2ccc3ncnc(Nc4ccc(OCc5cccc(F)c5)c(Cl)c4)c3c2)o1)NO. The van der Waals surface area contributed by atoms with Crippen LogP contribution in [0.15, 0.2) is 83.5 Å². The maximum absolute atomic E-state index is 13.4. The number of hydrogen-bond acceptors (Lipinski definition) is 8. The van der Waals surface area contributed by atoms with Crippen molar-refractivity contribution in [1.82, 2.24) is 20.8 Å². The van der Waals surface area contributed by atoms with Gasteiger partial charge in [-0.2, -0.15) is 0 Å². The standard InChI is InChI=1S/C30H27ClFN5O4/c31-25-15-22(7-10-28(25)40-17-19-3-1-4-21(32)13-19)36-30-24-14-20(6-9-26(24)34-18-35-30)27-11-8-23(41-27)16-33-12-2-5-29(38)37-39/h1,3-4,6-11,13-15,18,33,39H,2,5,12,16-17H2,(H,37,38)(H,34,35,36). The number of hydrogen-bond donors (Lipinski definition) is 4. The molecule has 41 heavy (non-hydrogen) atoms. The molecular formula is C30H27ClFN5O4. The highest BCUT2D eigenvalue weighted by molar-refractivity contribution is 6.32. The lowest BCUT2D eigenvalue weighted by atomic mass is 10.1. The Morgan fingerprint density at radius 3 is 2.78 bits per heavy atom. The lowest BCUT2D eigenvalue weighted by Crippen LogP contribution is -2.21. The molecule has 9 nitrogen and oxygen atoms in total. The molecule has 0 aliphatic carbocycles. The Labute approximate surface area is 240 Å². The van der Waals surface area contributed by atoms with Gasteiger partial charge < -0.3 is 19.8 Å². The predicted octanol–water partition coefficient (Wildman–Crippen LogP) is 6.38. The molecular weight excluding hydrogens is 549 g/mol. The van der Waals surface area contributed by atoms with E-state index in [2.05, 4.69) is 20.6 Å². The summed E-state index contributed by atoms with van der Waals surface area (Å²) in [6, 6.07) is 21.1. The number of fused-ring (bicyclic) bond motifs is 1. The fourth-order valence-corrected chi connectivity index (χ4v) is 4.43. The van der Waals surface area contributed by atoms with Crippen molar-refractivity contribution in [3.63, 3.8) is 0 Å². The first kappa shape index (κ1) is 28.0. The molecule has 0 bridgehead atoms. The third kappa shape index (κ3) is 7.37. The number of benzene rings is 3. The minimum atomic E-state index is -0.409. The summed E-state index contributed by atoms with van der Waals surface area (Å²) in [5, 5.41) is 16.3. The van der Waals surface area contributed by atoms with E-state index in [1.165, 1.54) is 18.5 Å². The van der Waals surface area contributed by atoms with Crippen LogP contribution in [0.3, 0.4) is 0 Å². The van der Waals surface area contributed by atoms with E-state index >= 15 is 0 Å². The molecule has 11 heteroatoms. The summed E-state index contributed by atoms with van der Waals surface area (Å²) in [6.45, 7) is 1.31. The summed E-state index contributed by atoms with van der Waals surface area (Å²) in [7, 11) is 0. The molecule has 0 unspecified atom stereocenters. The van der Waals surface area contributed by atoms with Gasteiger partial charge in [0.25, 0.3) is 0 Å². The first-order valence-electron chi connectivity index (χ1n) is 12.9. The van der Waals surface area contributed by atoms with E-state index in [0.29, 0.717) is 53.1 Å². The lowest BCUT2D eigenvalue weighted by Gasteiger charge is -2.12. The van der Waals surface area contributed by atoms with Crippen LogP contribution in [0.2, 0.25) is 5.02 Å². The highest BCUT2D eigenvalue weighted by Crippen LogP contribution is 2.32. The fraction of sp³-hybridized carbons (Fsp3) is 0.167. The van der Waals surface area contributed by atoms with Crippen LogP contribution in [0.4, 0.5) is 15.9 Å². The van der Waals surface area contributed by atoms with Gasteiger partial charge in [0.15, 0.2) is 0 Å². The van der Waals surface area contributed by atoms with Crippen LogP contribution in [0.25, 0.3) is 22.2 Å². The van der Waals surface area contributed by atoms with Crippen LogP contribution in [0, 0.1) is 5.82 Å². The molecule has 4 N–H and O–H groups in total. The van der Waals surface area contributed by atoms with E-state index in [4.69, 9.17) is 26.0 Å². The minimum absolute atomic E-state index is 0.192. The monoisotopic (exact) mass is 575 g/mol. The van der Waals surface area contributed by atoms with Crippen LogP contribution in [-0.4, -0.2) is 27.6 Å². The molecule has 0 saturated carbocycles. The van der Waals surface area contributed by atoms with Crippen LogP contribution < -0.4 is 20.9 Å². The van der Waals surface area contributed by atoms with Crippen LogP contribution >= 0.6 is 11.6 Å². The van der Waals surface area contributed by atoms with Gasteiger partial charge in [-0.15, -0.1) is 0 Å². The van der Waals surface area contributed by atoms with Gasteiger partial charge in [0.05, 0.1) is 17.1 Å². The van der Waals surface area contributed by atoms with Crippen molar-refractivity contribution in [3.05, 3.63) is 101 Å². The topological polar surface area (TPSA) is 122 Å². The molecule has 0 atom stereocenters. The largest absolute Gasteiger partial charge is 0.487 e. The van der Waals surface area contributed by atoms with Gasteiger partial charge in [-0.05, 0) is 79.2 Å². The van der Waals surface area contributed by atoms with E-state index in [0.717, 1.165) is 22.2 Å². The molecule has 0 radical (unpaired) electrons. The molecule has 3 aromatic carbocycles. The molecule has 1 amide bonds. The van der Waals surface area contributed by atoms with Crippen LogP contribution in [0.1, 0.15) is 24.2 Å². The average molecular weight is 576 g/mol. The molecule has 210 valence electrons. The van der Waals surface area contributed by atoms with Gasteiger partial charge in [-0.3, -0.25) is 10.0 Å². The Kier molecular flexibility index (Phi) is 9.05. The molecule has 2 aromatic heterocycles. The summed E-state index contributed by atoms with van der Waals surface area (Å²) >= 11 is 6.48. The summed E-state index contributed by atoms with van der Waals surface area (Å²) < 4.78 is 25.2. The van der Waals surface area contributed by atoms with Gasteiger partial charge in [-0.1, -0.05) is 23.7 Å². The lowest BCUT2D eigenvalue weighted by molar-refractivity contribution is -0.129. The zero-order chi connectivity index (χ0) is 28.6. The smallest absolute Gasteiger partial charge is 0.243 e. The third-order valence-electron chi connectivity index (χ3n) is 6.24. The number of nitrogens with one attached hydrogen (secondary N) is 3. The number of furan rings is 1. The summed E-state index contributed by atoms with van der Waals surface area (Å²) in [5.41, 5.74) is 4.65. The molecule has 0 fully saturated rings. The van der Waals surface area contributed by atoms with E-state index < -0.39 is 5.91 Å². The molecule has 0 saturated heterocycles. The molecule has 0 aliphatic rings. The Morgan fingerprint density at radius 2 is 1.95 bits per heavy atom. The second-order valence-electron chi connectivity index (χ2n) is 9.22. The van der Waals surface area contributed by atoms with Crippen LogP contribution in [-0.2, 0) is 17.9 Å². The number of halogens is 2. The average Bonchev–Trinajstić information content (AvgIpc) is 3.45. The number of carbonyl (C=O) groups is 1. The van der Waals surface area contributed by atoms with Crippen LogP contribution in [0.5, 0.6) is 5.75 Å². The minimum Gasteiger partial charge on any atom is -0.487 e. The molecule has 0 aliphatic heterocycles. The zero-order valence-electron chi connectivity index (χ0n) is 21.9. The molecule has 5 aromatic rings.